The largest absolute Gasteiger partial charge is 0.466 e. The molecule has 2 aromatic heterocycles. The Morgan fingerprint density at radius 3 is 2.90 bits per heavy atom. The van der Waals surface area contributed by atoms with Crippen LogP contribution in [0.5, 0.6) is 5.75 Å². The van der Waals surface area contributed by atoms with Gasteiger partial charge in [-0.05, 0) is 37.1 Å². The molecule has 3 aromatic rings. The molecular weight excluding hydrogens is 403 g/mol. The summed E-state index contributed by atoms with van der Waals surface area (Å²) in [7, 11) is 0. The summed E-state index contributed by atoms with van der Waals surface area (Å²) in [5, 5.41) is 2.91. The van der Waals surface area contributed by atoms with Crippen molar-refractivity contribution in [3.63, 3.8) is 0 Å². The zero-order valence-electron chi connectivity index (χ0n) is 16.5. The van der Waals surface area contributed by atoms with Crippen molar-refractivity contribution in [3.05, 3.63) is 75.8 Å². The number of halogens is 1. The monoisotopic (exact) mass is 422 g/mol. The molecule has 4 heterocycles. The summed E-state index contributed by atoms with van der Waals surface area (Å²) in [5.41, 5.74) is 1.68. The highest BCUT2D eigenvalue weighted by Crippen LogP contribution is 2.31. The van der Waals surface area contributed by atoms with Gasteiger partial charge in [0.15, 0.2) is 6.79 Å². The third kappa shape index (κ3) is 3.68. The average molecular weight is 422 g/mol. The predicted octanol–water partition coefficient (Wildman–Crippen LogP) is 2.58. The molecule has 0 spiro atoms. The molecule has 2 aliphatic heterocycles. The Kier molecular flexibility index (Phi) is 4.95. The lowest BCUT2D eigenvalue weighted by atomic mass is 10.0. The Labute approximate surface area is 176 Å². The molecule has 31 heavy (non-hydrogen) atoms. The van der Waals surface area contributed by atoms with E-state index in [1.165, 1.54) is 12.1 Å². The van der Waals surface area contributed by atoms with Crippen molar-refractivity contribution < 1.29 is 18.7 Å². The van der Waals surface area contributed by atoms with E-state index in [9.17, 15) is 14.0 Å². The second kappa shape index (κ2) is 7.92. The van der Waals surface area contributed by atoms with Crippen molar-refractivity contribution in [1.29, 1.82) is 0 Å². The van der Waals surface area contributed by atoms with Gasteiger partial charge < -0.3 is 14.8 Å². The normalized spacial score (nSPS) is 17.3. The Bertz CT molecular complexity index is 1210. The zero-order valence-corrected chi connectivity index (χ0v) is 16.5. The van der Waals surface area contributed by atoms with Crippen LogP contribution in [0.1, 0.15) is 40.6 Å². The van der Waals surface area contributed by atoms with E-state index < -0.39 is 17.8 Å². The van der Waals surface area contributed by atoms with Gasteiger partial charge in [0, 0.05) is 36.1 Å². The van der Waals surface area contributed by atoms with Gasteiger partial charge in [-0.1, -0.05) is 0 Å². The number of rotatable bonds is 3. The van der Waals surface area contributed by atoms with Crippen LogP contribution in [0.3, 0.4) is 0 Å². The number of hydrogen-bond acceptors (Lipinski definition) is 6. The van der Waals surface area contributed by atoms with Crippen molar-refractivity contribution >= 4 is 5.91 Å². The lowest BCUT2D eigenvalue weighted by Crippen LogP contribution is -2.38. The third-order valence-corrected chi connectivity index (χ3v) is 5.42. The number of pyridine rings is 1. The molecule has 0 bridgehead atoms. The number of amides is 1. The van der Waals surface area contributed by atoms with Gasteiger partial charge in [-0.15, -0.1) is 0 Å². The summed E-state index contributed by atoms with van der Waals surface area (Å²) in [4.78, 5) is 34.4. The van der Waals surface area contributed by atoms with E-state index in [1.54, 1.807) is 29.1 Å². The van der Waals surface area contributed by atoms with Crippen molar-refractivity contribution in [2.24, 2.45) is 0 Å². The summed E-state index contributed by atoms with van der Waals surface area (Å²) < 4.78 is 26.3. The fourth-order valence-corrected chi connectivity index (χ4v) is 3.99. The van der Waals surface area contributed by atoms with Crippen LogP contribution in [0.2, 0.25) is 0 Å². The fraction of sp³-hybridized carbons (Fsp3) is 0.273. The summed E-state index contributed by atoms with van der Waals surface area (Å²) >= 11 is 0. The summed E-state index contributed by atoms with van der Waals surface area (Å²) in [6.07, 6.45) is 4.58. The molecule has 1 atom stereocenters. The van der Waals surface area contributed by atoms with Gasteiger partial charge in [-0.2, -0.15) is 0 Å². The molecule has 9 heteroatoms. The first kappa shape index (κ1) is 19.4. The van der Waals surface area contributed by atoms with Gasteiger partial charge in [-0.25, -0.2) is 9.37 Å². The van der Waals surface area contributed by atoms with Gasteiger partial charge in [-0.3, -0.25) is 19.1 Å². The van der Waals surface area contributed by atoms with Gasteiger partial charge in [0.1, 0.15) is 17.4 Å². The van der Waals surface area contributed by atoms with Crippen molar-refractivity contribution in [2.45, 2.75) is 32.0 Å². The Morgan fingerprint density at radius 1 is 1.23 bits per heavy atom. The maximum Gasteiger partial charge on any atom is 0.255 e. The van der Waals surface area contributed by atoms with Crippen LogP contribution in [0.15, 0.2) is 47.5 Å². The minimum Gasteiger partial charge on any atom is -0.466 e. The number of fused-ring (bicyclic) bond motifs is 2. The molecule has 1 amide bonds. The maximum atomic E-state index is 14.1. The Balaban J connectivity index is 1.50. The average Bonchev–Trinajstić information content (AvgIpc) is 2.79. The molecule has 0 saturated heterocycles. The first-order valence-corrected chi connectivity index (χ1v) is 9.96. The van der Waals surface area contributed by atoms with Crippen molar-refractivity contribution in [2.75, 3.05) is 6.79 Å². The number of ether oxygens (including phenoxy) is 2. The molecule has 158 valence electrons. The lowest BCUT2D eigenvalue weighted by molar-refractivity contribution is -0.0170. The van der Waals surface area contributed by atoms with Crippen LogP contribution in [-0.4, -0.2) is 27.2 Å². The molecule has 0 aliphatic carbocycles. The Hall–Kier alpha value is -3.59. The van der Waals surface area contributed by atoms with Crippen molar-refractivity contribution in [3.8, 4) is 17.0 Å². The molecule has 1 unspecified atom stereocenters. The molecule has 1 N–H and O–H groups in total. The Morgan fingerprint density at radius 2 is 2.06 bits per heavy atom. The molecule has 1 aromatic carbocycles. The van der Waals surface area contributed by atoms with Gasteiger partial charge in [0.2, 0.25) is 0 Å². The van der Waals surface area contributed by atoms with E-state index in [0.717, 1.165) is 11.6 Å². The molecular formula is C22H19FN4O4. The van der Waals surface area contributed by atoms with E-state index in [0.29, 0.717) is 42.2 Å². The fourth-order valence-electron chi connectivity index (χ4n) is 3.99. The number of carbonyl (C=O) groups is 1. The summed E-state index contributed by atoms with van der Waals surface area (Å²) in [6.45, 7) is 0.698. The lowest BCUT2D eigenvalue weighted by Gasteiger charge is -2.27. The van der Waals surface area contributed by atoms with Crippen LogP contribution >= 0.6 is 0 Å². The number of carbonyl (C=O) groups excluding carboxylic acids is 1. The quantitative estimate of drug-likeness (QED) is 0.697. The molecule has 0 saturated carbocycles. The SMILES string of the molecule is O=C(NC1CCCn2c1nc(-c1ccncc1)cc2=O)c1cc(F)cc2c1OCOC2. The van der Waals surface area contributed by atoms with Gasteiger partial charge in [0.05, 0.1) is 23.9 Å². The minimum atomic E-state index is -0.545. The molecule has 8 nitrogen and oxygen atoms in total. The van der Waals surface area contributed by atoms with Crippen LogP contribution in [0.4, 0.5) is 4.39 Å². The molecule has 2 aliphatic rings. The molecule has 0 fully saturated rings. The number of aromatic nitrogens is 3. The highest BCUT2D eigenvalue weighted by Gasteiger charge is 2.28. The highest BCUT2D eigenvalue weighted by molar-refractivity contribution is 5.97. The van der Waals surface area contributed by atoms with E-state index in [1.807, 2.05) is 0 Å². The van der Waals surface area contributed by atoms with E-state index in [4.69, 9.17) is 9.47 Å². The smallest absolute Gasteiger partial charge is 0.255 e. The van der Waals surface area contributed by atoms with E-state index >= 15 is 0 Å². The summed E-state index contributed by atoms with van der Waals surface area (Å²) in [6, 6.07) is 6.98. The third-order valence-electron chi connectivity index (χ3n) is 5.42. The maximum absolute atomic E-state index is 14.1. The first-order chi connectivity index (χ1) is 15.1. The highest BCUT2D eigenvalue weighted by atomic mass is 19.1. The standard InChI is InChI=1S/C22H19FN4O4/c23-15-8-14-11-30-12-31-20(14)16(9-15)22(29)26-17-2-1-7-27-19(28)10-18(25-21(17)27)13-3-5-24-6-4-13/h3-6,8-10,17H,1-2,7,11-12H2,(H,26,29). The van der Waals surface area contributed by atoms with Gasteiger partial charge >= 0.3 is 0 Å². The van der Waals surface area contributed by atoms with Gasteiger partial charge in [0.25, 0.3) is 11.5 Å². The number of benzene rings is 1. The molecule has 0 radical (unpaired) electrons. The van der Waals surface area contributed by atoms with Crippen LogP contribution in [-0.2, 0) is 17.9 Å². The van der Waals surface area contributed by atoms with Crippen LogP contribution < -0.4 is 15.6 Å². The number of hydrogen-bond donors (Lipinski definition) is 1. The summed E-state index contributed by atoms with van der Waals surface area (Å²) in [5.74, 6) is -0.235. The van der Waals surface area contributed by atoms with Crippen molar-refractivity contribution in [1.82, 2.24) is 19.9 Å². The molecule has 5 rings (SSSR count). The zero-order chi connectivity index (χ0) is 21.4. The van der Waals surface area contributed by atoms with Crippen LogP contribution in [0, 0.1) is 5.82 Å². The first-order valence-electron chi connectivity index (χ1n) is 9.96. The minimum absolute atomic E-state index is 0.00256. The predicted molar refractivity (Wildman–Crippen MR) is 108 cm³/mol. The topological polar surface area (TPSA) is 95.3 Å². The second-order valence-electron chi connectivity index (χ2n) is 7.45. The number of nitrogens with zero attached hydrogens (tertiary/aromatic N) is 3. The number of nitrogens with one attached hydrogen (secondary N) is 1. The van der Waals surface area contributed by atoms with Crippen LogP contribution in [0.25, 0.3) is 11.3 Å². The van der Waals surface area contributed by atoms with E-state index in [-0.39, 0.29) is 24.5 Å². The second-order valence-corrected chi connectivity index (χ2v) is 7.45. The van der Waals surface area contributed by atoms with E-state index in [2.05, 4.69) is 15.3 Å².